The predicted octanol–water partition coefficient (Wildman–Crippen LogP) is 5.42. The quantitative estimate of drug-likeness (QED) is 0.508. The zero-order chi connectivity index (χ0) is 22.1. The molecule has 0 aromatic heterocycles. The minimum absolute atomic E-state index is 0.0962. The number of carbonyl (C=O) groups excluding carboxylic acids is 2. The molecule has 0 fully saturated rings. The molecule has 0 saturated heterocycles. The van der Waals surface area contributed by atoms with E-state index < -0.39 is 6.04 Å². The van der Waals surface area contributed by atoms with Crippen LogP contribution in [0, 0.1) is 5.92 Å². The second kappa shape index (κ2) is 12.2. The van der Waals surface area contributed by atoms with Crippen LogP contribution in [0.1, 0.15) is 31.9 Å². The average molecular weight is 467 g/mol. The van der Waals surface area contributed by atoms with Crippen molar-refractivity contribution >= 4 is 46.8 Å². The summed E-state index contributed by atoms with van der Waals surface area (Å²) in [6, 6.07) is 14.4. The summed E-state index contributed by atoms with van der Waals surface area (Å²) in [5.74, 6) is 1.04. The maximum absolute atomic E-state index is 13.0. The summed E-state index contributed by atoms with van der Waals surface area (Å²) in [7, 11) is 0. The fourth-order valence-corrected chi connectivity index (χ4v) is 3.96. The van der Waals surface area contributed by atoms with Crippen LogP contribution in [0.25, 0.3) is 0 Å². The Balaban J connectivity index is 2.06. The van der Waals surface area contributed by atoms with Crippen molar-refractivity contribution in [3.8, 4) is 0 Å². The Bertz CT molecular complexity index is 843. The SMILES string of the molecule is CC(C)CNC(=O)[C@@H](C)N(Cc1ccccc1Cl)C(=O)CSCc1ccc(Cl)cc1. The standard InChI is InChI=1S/C23H28Cl2N2O2S/c1-16(2)12-26-23(29)17(3)27(13-19-6-4-5-7-21(19)25)22(28)15-30-14-18-8-10-20(24)11-9-18/h4-11,16-17H,12-15H2,1-3H3,(H,26,29)/t17-/m1/s1. The number of rotatable bonds is 10. The van der Waals surface area contributed by atoms with Gasteiger partial charge in [0.1, 0.15) is 6.04 Å². The number of carbonyl (C=O) groups is 2. The third kappa shape index (κ3) is 7.86. The second-order valence-corrected chi connectivity index (χ2v) is 9.38. The van der Waals surface area contributed by atoms with Gasteiger partial charge in [-0.15, -0.1) is 11.8 Å². The van der Waals surface area contributed by atoms with Crippen LogP contribution in [-0.4, -0.2) is 35.1 Å². The molecule has 30 heavy (non-hydrogen) atoms. The summed E-state index contributed by atoms with van der Waals surface area (Å²) in [5.41, 5.74) is 1.91. The molecule has 0 radical (unpaired) electrons. The van der Waals surface area contributed by atoms with Crippen molar-refractivity contribution in [1.82, 2.24) is 10.2 Å². The second-order valence-electron chi connectivity index (χ2n) is 7.55. The van der Waals surface area contributed by atoms with Crippen molar-refractivity contribution < 1.29 is 9.59 Å². The van der Waals surface area contributed by atoms with Gasteiger partial charge in [0.25, 0.3) is 0 Å². The summed E-state index contributed by atoms with van der Waals surface area (Å²) in [5, 5.41) is 4.19. The summed E-state index contributed by atoms with van der Waals surface area (Å²) >= 11 is 13.7. The van der Waals surface area contributed by atoms with Gasteiger partial charge in [0, 0.05) is 28.9 Å². The van der Waals surface area contributed by atoms with E-state index in [4.69, 9.17) is 23.2 Å². The predicted molar refractivity (Wildman–Crippen MR) is 127 cm³/mol. The minimum atomic E-state index is -0.594. The smallest absolute Gasteiger partial charge is 0.242 e. The molecule has 1 atom stereocenters. The number of amides is 2. The van der Waals surface area contributed by atoms with Crippen LogP contribution < -0.4 is 5.32 Å². The molecular formula is C23H28Cl2N2O2S. The lowest BCUT2D eigenvalue weighted by Crippen LogP contribution is -2.48. The van der Waals surface area contributed by atoms with Gasteiger partial charge < -0.3 is 10.2 Å². The molecule has 0 unspecified atom stereocenters. The van der Waals surface area contributed by atoms with E-state index in [-0.39, 0.29) is 24.1 Å². The molecule has 0 saturated carbocycles. The molecule has 0 heterocycles. The van der Waals surface area contributed by atoms with Gasteiger partial charge in [-0.1, -0.05) is 67.4 Å². The molecule has 0 bridgehead atoms. The molecule has 0 aliphatic rings. The monoisotopic (exact) mass is 466 g/mol. The lowest BCUT2D eigenvalue weighted by Gasteiger charge is -2.29. The number of halogens is 2. The molecular weight excluding hydrogens is 439 g/mol. The summed E-state index contributed by atoms with van der Waals surface area (Å²) in [6.07, 6.45) is 0. The first-order chi connectivity index (χ1) is 14.3. The van der Waals surface area contributed by atoms with Crippen molar-refractivity contribution in [1.29, 1.82) is 0 Å². The van der Waals surface area contributed by atoms with E-state index in [9.17, 15) is 9.59 Å². The van der Waals surface area contributed by atoms with E-state index >= 15 is 0 Å². The molecule has 0 aliphatic heterocycles. The van der Waals surface area contributed by atoms with Crippen LogP contribution in [0.4, 0.5) is 0 Å². The number of thioether (sulfide) groups is 1. The molecule has 0 aliphatic carbocycles. The molecule has 0 spiro atoms. The number of nitrogens with zero attached hydrogens (tertiary/aromatic N) is 1. The number of hydrogen-bond acceptors (Lipinski definition) is 3. The van der Waals surface area contributed by atoms with Gasteiger partial charge in [0.15, 0.2) is 0 Å². The first kappa shape index (κ1) is 24.6. The van der Waals surface area contributed by atoms with Gasteiger partial charge >= 0.3 is 0 Å². The van der Waals surface area contributed by atoms with Gasteiger partial charge in [-0.2, -0.15) is 0 Å². The van der Waals surface area contributed by atoms with Crippen molar-refractivity contribution in [3.63, 3.8) is 0 Å². The van der Waals surface area contributed by atoms with Crippen LogP contribution in [0.3, 0.4) is 0 Å². The molecule has 2 rings (SSSR count). The molecule has 162 valence electrons. The summed E-state index contributed by atoms with van der Waals surface area (Å²) in [6.45, 7) is 6.68. The zero-order valence-electron chi connectivity index (χ0n) is 17.5. The average Bonchev–Trinajstić information content (AvgIpc) is 2.72. The molecule has 1 N–H and O–H groups in total. The highest BCUT2D eigenvalue weighted by atomic mass is 35.5. The van der Waals surface area contributed by atoms with E-state index in [2.05, 4.69) is 5.32 Å². The lowest BCUT2D eigenvalue weighted by atomic mass is 10.1. The summed E-state index contributed by atoms with van der Waals surface area (Å²) in [4.78, 5) is 27.3. The van der Waals surface area contributed by atoms with Gasteiger partial charge in [0.2, 0.25) is 11.8 Å². The highest BCUT2D eigenvalue weighted by Crippen LogP contribution is 2.21. The highest BCUT2D eigenvalue weighted by Gasteiger charge is 2.26. The number of hydrogen-bond donors (Lipinski definition) is 1. The van der Waals surface area contributed by atoms with E-state index in [1.807, 2.05) is 56.3 Å². The van der Waals surface area contributed by atoms with Gasteiger partial charge in [-0.05, 0) is 42.2 Å². The van der Waals surface area contributed by atoms with Gasteiger partial charge in [0.05, 0.1) is 5.75 Å². The first-order valence-corrected chi connectivity index (χ1v) is 11.8. The Kier molecular flexibility index (Phi) is 10.0. The molecule has 2 amide bonds. The third-order valence-electron chi connectivity index (χ3n) is 4.56. The first-order valence-electron chi connectivity index (χ1n) is 9.90. The summed E-state index contributed by atoms with van der Waals surface area (Å²) < 4.78 is 0. The Hall–Kier alpha value is -1.69. The topological polar surface area (TPSA) is 49.4 Å². The Morgan fingerprint density at radius 1 is 1.03 bits per heavy atom. The molecule has 2 aromatic rings. The number of nitrogens with one attached hydrogen (secondary N) is 1. The Labute approximate surface area is 193 Å². The zero-order valence-corrected chi connectivity index (χ0v) is 19.9. The highest BCUT2D eigenvalue weighted by molar-refractivity contribution is 7.99. The van der Waals surface area contributed by atoms with Crippen LogP contribution in [-0.2, 0) is 21.9 Å². The van der Waals surface area contributed by atoms with Crippen LogP contribution in [0.5, 0.6) is 0 Å². The normalized spacial score (nSPS) is 11.9. The van der Waals surface area contributed by atoms with Gasteiger partial charge in [-0.25, -0.2) is 0 Å². The van der Waals surface area contributed by atoms with Crippen molar-refractivity contribution in [2.45, 2.75) is 39.1 Å². The van der Waals surface area contributed by atoms with Crippen molar-refractivity contribution in [2.24, 2.45) is 5.92 Å². The lowest BCUT2D eigenvalue weighted by molar-refractivity contribution is -0.138. The van der Waals surface area contributed by atoms with Crippen LogP contribution in [0.15, 0.2) is 48.5 Å². The van der Waals surface area contributed by atoms with Gasteiger partial charge in [-0.3, -0.25) is 9.59 Å². The molecule has 7 heteroatoms. The molecule has 2 aromatic carbocycles. The minimum Gasteiger partial charge on any atom is -0.354 e. The maximum Gasteiger partial charge on any atom is 0.242 e. The van der Waals surface area contributed by atoms with E-state index in [0.717, 1.165) is 11.1 Å². The third-order valence-corrected chi connectivity index (χ3v) is 6.17. The van der Waals surface area contributed by atoms with Crippen molar-refractivity contribution in [3.05, 3.63) is 69.7 Å². The van der Waals surface area contributed by atoms with E-state index in [0.29, 0.717) is 28.3 Å². The van der Waals surface area contributed by atoms with E-state index in [1.54, 1.807) is 17.9 Å². The molecule has 4 nitrogen and oxygen atoms in total. The Morgan fingerprint density at radius 3 is 2.33 bits per heavy atom. The largest absolute Gasteiger partial charge is 0.354 e. The van der Waals surface area contributed by atoms with E-state index in [1.165, 1.54) is 11.8 Å². The number of benzene rings is 2. The van der Waals surface area contributed by atoms with Crippen LogP contribution in [0.2, 0.25) is 10.0 Å². The fraction of sp³-hybridized carbons (Fsp3) is 0.391. The van der Waals surface area contributed by atoms with Crippen molar-refractivity contribution in [2.75, 3.05) is 12.3 Å². The Morgan fingerprint density at radius 2 is 1.70 bits per heavy atom. The van der Waals surface area contributed by atoms with Crippen LogP contribution >= 0.6 is 35.0 Å². The fourth-order valence-electron chi connectivity index (χ4n) is 2.76. The maximum atomic E-state index is 13.0.